The van der Waals surface area contributed by atoms with Crippen molar-refractivity contribution in [3.63, 3.8) is 0 Å². The topological polar surface area (TPSA) is 21.7 Å². The average Bonchev–Trinajstić information content (AvgIpc) is 2.16. The second-order valence-corrected chi connectivity index (χ2v) is 2.92. The first-order valence-electron chi connectivity index (χ1n) is 4.33. The molecule has 1 aliphatic rings. The molecule has 0 unspecified atom stereocenters. The number of rotatable bonds is 4. The van der Waals surface area contributed by atoms with Crippen LogP contribution in [0.4, 0.5) is 0 Å². The molecule has 0 N–H and O–H groups in total. The van der Waals surface area contributed by atoms with E-state index >= 15 is 0 Å². The SMILES string of the molecule is COC(CN1C=CCCC1)OC. The van der Waals surface area contributed by atoms with E-state index in [1.165, 1.54) is 12.8 Å². The predicted octanol–water partition coefficient (Wildman–Crippen LogP) is 1.21. The normalized spacial score (nSPS) is 17.4. The van der Waals surface area contributed by atoms with Gasteiger partial charge in [0.25, 0.3) is 0 Å². The van der Waals surface area contributed by atoms with E-state index < -0.39 is 0 Å². The van der Waals surface area contributed by atoms with Gasteiger partial charge < -0.3 is 14.4 Å². The quantitative estimate of drug-likeness (QED) is 0.593. The Morgan fingerprint density at radius 3 is 2.67 bits per heavy atom. The molecule has 0 amide bonds. The second kappa shape index (κ2) is 5.17. The smallest absolute Gasteiger partial charge is 0.174 e. The molecule has 12 heavy (non-hydrogen) atoms. The van der Waals surface area contributed by atoms with E-state index in [2.05, 4.69) is 17.2 Å². The highest BCUT2D eigenvalue weighted by Gasteiger charge is 2.10. The lowest BCUT2D eigenvalue weighted by atomic mass is 10.2. The maximum atomic E-state index is 5.10. The van der Waals surface area contributed by atoms with Gasteiger partial charge in [0.2, 0.25) is 0 Å². The molecule has 0 aliphatic carbocycles. The molecule has 0 aromatic carbocycles. The molecule has 0 aromatic heterocycles. The minimum Gasteiger partial charge on any atom is -0.373 e. The van der Waals surface area contributed by atoms with Crippen molar-refractivity contribution in [1.82, 2.24) is 4.90 Å². The van der Waals surface area contributed by atoms with Gasteiger partial charge in [-0.05, 0) is 19.0 Å². The van der Waals surface area contributed by atoms with Crippen molar-refractivity contribution in [2.24, 2.45) is 0 Å². The molecular formula is C9H17NO2. The monoisotopic (exact) mass is 171 g/mol. The third-order valence-electron chi connectivity index (χ3n) is 2.04. The zero-order valence-corrected chi connectivity index (χ0v) is 7.82. The highest BCUT2D eigenvalue weighted by atomic mass is 16.7. The van der Waals surface area contributed by atoms with E-state index in [9.17, 15) is 0 Å². The van der Waals surface area contributed by atoms with Gasteiger partial charge in [-0.15, -0.1) is 0 Å². The molecule has 0 saturated heterocycles. The van der Waals surface area contributed by atoms with Crippen LogP contribution >= 0.6 is 0 Å². The van der Waals surface area contributed by atoms with Crippen molar-refractivity contribution in [3.8, 4) is 0 Å². The number of hydrogen-bond acceptors (Lipinski definition) is 3. The van der Waals surface area contributed by atoms with E-state index in [1.54, 1.807) is 14.2 Å². The maximum absolute atomic E-state index is 5.10. The van der Waals surface area contributed by atoms with E-state index in [-0.39, 0.29) is 6.29 Å². The van der Waals surface area contributed by atoms with Crippen molar-refractivity contribution in [1.29, 1.82) is 0 Å². The fraction of sp³-hybridized carbons (Fsp3) is 0.778. The van der Waals surface area contributed by atoms with Gasteiger partial charge in [-0.1, -0.05) is 6.08 Å². The van der Waals surface area contributed by atoms with Crippen LogP contribution < -0.4 is 0 Å². The van der Waals surface area contributed by atoms with Gasteiger partial charge in [-0.2, -0.15) is 0 Å². The molecule has 0 fully saturated rings. The number of allylic oxidation sites excluding steroid dienone is 1. The van der Waals surface area contributed by atoms with Gasteiger partial charge in [0.1, 0.15) is 0 Å². The number of hydrogen-bond donors (Lipinski definition) is 0. The highest BCUT2D eigenvalue weighted by Crippen LogP contribution is 2.07. The predicted molar refractivity (Wildman–Crippen MR) is 47.8 cm³/mol. The molecule has 3 nitrogen and oxygen atoms in total. The van der Waals surface area contributed by atoms with Crippen LogP contribution in [0.15, 0.2) is 12.3 Å². The Bertz CT molecular complexity index is 143. The molecule has 0 spiro atoms. The van der Waals surface area contributed by atoms with E-state index in [0.29, 0.717) is 0 Å². The largest absolute Gasteiger partial charge is 0.373 e. The molecule has 0 aromatic rings. The summed E-state index contributed by atoms with van der Waals surface area (Å²) in [6.45, 7) is 1.93. The summed E-state index contributed by atoms with van der Waals surface area (Å²) in [5.74, 6) is 0. The van der Waals surface area contributed by atoms with Crippen molar-refractivity contribution in [3.05, 3.63) is 12.3 Å². The molecule has 0 saturated carbocycles. The molecule has 0 radical (unpaired) electrons. The van der Waals surface area contributed by atoms with Crippen LogP contribution in [-0.2, 0) is 9.47 Å². The standard InChI is InChI=1S/C9H17NO2/c1-11-9(12-2)8-10-6-4-3-5-7-10/h4,6,9H,3,5,7-8H2,1-2H3. The zero-order chi connectivity index (χ0) is 8.81. The van der Waals surface area contributed by atoms with Gasteiger partial charge in [0, 0.05) is 20.8 Å². The number of ether oxygens (including phenoxy) is 2. The fourth-order valence-electron chi connectivity index (χ4n) is 1.30. The van der Waals surface area contributed by atoms with Crippen LogP contribution in [0.1, 0.15) is 12.8 Å². The minimum atomic E-state index is -0.104. The third kappa shape index (κ3) is 2.83. The lowest BCUT2D eigenvalue weighted by Gasteiger charge is -2.26. The average molecular weight is 171 g/mol. The van der Waals surface area contributed by atoms with Crippen molar-refractivity contribution < 1.29 is 9.47 Å². The molecule has 3 heteroatoms. The van der Waals surface area contributed by atoms with Gasteiger partial charge in [-0.3, -0.25) is 0 Å². The van der Waals surface area contributed by atoms with Crippen LogP contribution in [0, 0.1) is 0 Å². The third-order valence-corrected chi connectivity index (χ3v) is 2.04. The zero-order valence-electron chi connectivity index (χ0n) is 7.82. The van der Waals surface area contributed by atoms with E-state index in [1.807, 2.05) is 0 Å². The molecular weight excluding hydrogens is 154 g/mol. The number of nitrogens with zero attached hydrogens (tertiary/aromatic N) is 1. The lowest BCUT2D eigenvalue weighted by molar-refractivity contribution is -0.111. The summed E-state index contributed by atoms with van der Waals surface area (Å²) in [6, 6.07) is 0. The van der Waals surface area contributed by atoms with Crippen molar-refractivity contribution in [2.45, 2.75) is 19.1 Å². The van der Waals surface area contributed by atoms with Crippen LogP contribution in [0.5, 0.6) is 0 Å². The first-order chi connectivity index (χ1) is 5.86. The van der Waals surface area contributed by atoms with E-state index in [0.717, 1.165) is 13.1 Å². The first-order valence-corrected chi connectivity index (χ1v) is 4.33. The van der Waals surface area contributed by atoms with Gasteiger partial charge in [0.15, 0.2) is 6.29 Å². The summed E-state index contributed by atoms with van der Waals surface area (Å²) in [4.78, 5) is 2.22. The first kappa shape index (κ1) is 9.55. The summed E-state index contributed by atoms with van der Waals surface area (Å²) in [5, 5.41) is 0. The molecule has 0 atom stereocenters. The Labute approximate surface area is 74.0 Å². The Kier molecular flexibility index (Phi) is 4.11. The maximum Gasteiger partial charge on any atom is 0.174 e. The molecule has 0 bridgehead atoms. The van der Waals surface area contributed by atoms with Crippen molar-refractivity contribution in [2.75, 3.05) is 27.3 Å². The number of methoxy groups -OCH3 is 2. The Morgan fingerprint density at radius 1 is 1.42 bits per heavy atom. The van der Waals surface area contributed by atoms with Crippen LogP contribution in [0.3, 0.4) is 0 Å². The summed E-state index contributed by atoms with van der Waals surface area (Å²) in [7, 11) is 3.34. The van der Waals surface area contributed by atoms with Gasteiger partial charge >= 0.3 is 0 Å². The lowest BCUT2D eigenvalue weighted by Crippen LogP contribution is -2.32. The molecule has 1 aliphatic heterocycles. The van der Waals surface area contributed by atoms with E-state index in [4.69, 9.17) is 9.47 Å². The summed E-state index contributed by atoms with van der Waals surface area (Å²) in [5.41, 5.74) is 0. The van der Waals surface area contributed by atoms with Crippen LogP contribution in [0.25, 0.3) is 0 Å². The minimum absolute atomic E-state index is 0.104. The second-order valence-electron chi connectivity index (χ2n) is 2.92. The highest BCUT2D eigenvalue weighted by molar-refractivity contribution is 4.87. The van der Waals surface area contributed by atoms with Gasteiger partial charge in [0.05, 0.1) is 6.54 Å². The molecule has 1 rings (SSSR count). The summed E-state index contributed by atoms with van der Waals surface area (Å²) >= 11 is 0. The van der Waals surface area contributed by atoms with Crippen LogP contribution in [0.2, 0.25) is 0 Å². The molecule has 1 heterocycles. The Morgan fingerprint density at radius 2 is 2.17 bits per heavy atom. The molecule has 70 valence electrons. The summed E-state index contributed by atoms with van der Waals surface area (Å²) < 4.78 is 10.2. The Balaban J connectivity index is 2.28. The Hall–Kier alpha value is -0.540. The van der Waals surface area contributed by atoms with Gasteiger partial charge in [-0.25, -0.2) is 0 Å². The summed E-state index contributed by atoms with van der Waals surface area (Å²) in [6.07, 6.45) is 6.63. The fourth-order valence-corrected chi connectivity index (χ4v) is 1.30. The van der Waals surface area contributed by atoms with Crippen molar-refractivity contribution >= 4 is 0 Å². The van der Waals surface area contributed by atoms with Crippen LogP contribution in [-0.4, -0.2) is 38.5 Å².